The number of aromatic nitrogens is 1. The molecule has 1 heterocycles. The second-order valence-electron chi connectivity index (χ2n) is 5.25. The van der Waals surface area contributed by atoms with Gasteiger partial charge in [0.15, 0.2) is 0 Å². The standard InChI is InChI=1S/C18H18N2O2/c1-12-5-3-6-13-9-14(18(21)20-17(12)13)11-19-15-7-4-8-16(10-15)22-2/h3-10,19H,11H2,1-2H3,(H,20,21). The predicted molar refractivity (Wildman–Crippen MR) is 89.6 cm³/mol. The summed E-state index contributed by atoms with van der Waals surface area (Å²) in [7, 11) is 1.63. The van der Waals surface area contributed by atoms with Crippen LogP contribution >= 0.6 is 0 Å². The molecule has 0 radical (unpaired) electrons. The third-order valence-electron chi connectivity index (χ3n) is 3.72. The second-order valence-corrected chi connectivity index (χ2v) is 5.25. The highest BCUT2D eigenvalue weighted by atomic mass is 16.5. The Morgan fingerprint density at radius 1 is 1.14 bits per heavy atom. The number of pyridine rings is 1. The summed E-state index contributed by atoms with van der Waals surface area (Å²) in [4.78, 5) is 15.2. The molecule has 4 heteroatoms. The Balaban J connectivity index is 1.87. The highest BCUT2D eigenvalue weighted by molar-refractivity contribution is 5.81. The first-order valence-electron chi connectivity index (χ1n) is 7.17. The molecule has 112 valence electrons. The molecule has 0 bridgehead atoms. The van der Waals surface area contributed by atoms with Crippen molar-refractivity contribution in [1.29, 1.82) is 0 Å². The highest BCUT2D eigenvalue weighted by Gasteiger charge is 2.05. The van der Waals surface area contributed by atoms with Crippen molar-refractivity contribution < 1.29 is 4.74 Å². The van der Waals surface area contributed by atoms with Crippen LogP contribution in [0.1, 0.15) is 11.1 Å². The summed E-state index contributed by atoms with van der Waals surface area (Å²) >= 11 is 0. The van der Waals surface area contributed by atoms with Crippen molar-refractivity contribution in [2.75, 3.05) is 12.4 Å². The largest absolute Gasteiger partial charge is 0.497 e. The van der Waals surface area contributed by atoms with Gasteiger partial charge in [-0.2, -0.15) is 0 Å². The number of H-pyrrole nitrogens is 1. The Morgan fingerprint density at radius 2 is 1.95 bits per heavy atom. The first-order chi connectivity index (χ1) is 10.7. The van der Waals surface area contributed by atoms with Crippen molar-refractivity contribution in [3.63, 3.8) is 0 Å². The van der Waals surface area contributed by atoms with Crippen LogP contribution in [0.5, 0.6) is 5.75 Å². The zero-order valence-corrected chi connectivity index (χ0v) is 12.6. The van der Waals surface area contributed by atoms with Gasteiger partial charge in [-0.1, -0.05) is 24.3 Å². The summed E-state index contributed by atoms with van der Waals surface area (Å²) in [5.41, 5.74) is 3.54. The molecule has 0 amide bonds. The summed E-state index contributed by atoms with van der Waals surface area (Å²) in [5.74, 6) is 0.785. The number of fused-ring (bicyclic) bond motifs is 1. The Hall–Kier alpha value is -2.75. The first kappa shape index (κ1) is 14.2. The van der Waals surface area contributed by atoms with E-state index in [4.69, 9.17) is 4.74 Å². The maximum absolute atomic E-state index is 12.2. The summed E-state index contributed by atoms with van der Waals surface area (Å²) in [5, 5.41) is 4.30. The van der Waals surface area contributed by atoms with Gasteiger partial charge in [0.05, 0.1) is 12.6 Å². The van der Waals surface area contributed by atoms with Gasteiger partial charge in [-0.25, -0.2) is 0 Å². The Kier molecular flexibility index (Phi) is 3.83. The van der Waals surface area contributed by atoms with Gasteiger partial charge in [-0.05, 0) is 36.1 Å². The monoisotopic (exact) mass is 294 g/mol. The summed E-state index contributed by atoms with van der Waals surface area (Å²) in [6, 6.07) is 15.6. The van der Waals surface area contributed by atoms with Gasteiger partial charge in [0.2, 0.25) is 0 Å². The number of hydrogen-bond donors (Lipinski definition) is 2. The van der Waals surface area contributed by atoms with E-state index in [0.29, 0.717) is 12.1 Å². The molecule has 0 aliphatic rings. The molecule has 0 aliphatic carbocycles. The minimum atomic E-state index is -0.0582. The molecular formula is C18H18N2O2. The Labute approximate surface area is 128 Å². The van der Waals surface area contributed by atoms with Crippen LogP contribution in [0.25, 0.3) is 10.9 Å². The molecular weight excluding hydrogens is 276 g/mol. The van der Waals surface area contributed by atoms with E-state index in [9.17, 15) is 4.79 Å². The van der Waals surface area contributed by atoms with Gasteiger partial charge >= 0.3 is 0 Å². The van der Waals surface area contributed by atoms with Crippen molar-refractivity contribution in [2.45, 2.75) is 13.5 Å². The van der Waals surface area contributed by atoms with Crippen LogP contribution in [0, 0.1) is 6.92 Å². The van der Waals surface area contributed by atoms with Gasteiger partial charge < -0.3 is 15.0 Å². The average molecular weight is 294 g/mol. The van der Waals surface area contributed by atoms with Gasteiger partial charge in [-0.3, -0.25) is 4.79 Å². The number of methoxy groups -OCH3 is 1. The van der Waals surface area contributed by atoms with E-state index in [2.05, 4.69) is 10.3 Å². The van der Waals surface area contributed by atoms with E-state index in [0.717, 1.165) is 27.9 Å². The van der Waals surface area contributed by atoms with Crippen molar-refractivity contribution >= 4 is 16.6 Å². The molecule has 3 aromatic rings. The maximum atomic E-state index is 12.2. The fourth-order valence-electron chi connectivity index (χ4n) is 2.49. The quantitative estimate of drug-likeness (QED) is 0.775. The minimum absolute atomic E-state index is 0.0582. The SMILES string of the molecule is COc1cccc(NCc2cc3cccc(C)c3[nH]c2=O)c1. The number of benzene rings is 2. The zero-order chi connectivity index (χ0) is 15.5. The number of para-hydroxylation sites is 1. The number of aryl methyl sites for hydroxylation is 1. The normalized spacial score (nSPS) is 10.6. The molecule has 0 aliphatic heterocycles. The lowest BCUT2D eigenvalue weighted by Crippen LogP contribution is -2.16. The van der Waals surface area contributed by atoms with Crippen LogP contribution in [0.3, 0.4) is 0 Å². The second kappa shape index (κ2) is 5.93. The number of ether oxygens (including phenoxy) is 1. The molecule has 2 N–H and O–H groups in total. The van der Waals surface area contributed by atoms with Crippen LogP contribution < -0.4 is 15.6 Å². The van der Waals surface area contributed by atoms with Crippen molar-refractivity contribution in [2.24, 2.45) is 0 Å². The number of nitrogens with one attached hydrogen (secondary N) is 2. The van der Waals surface area contributed by atoms with Gasteiger partial charge in [0, 0.05) is 23.9 Å². The molecule has 4 nitrogen and oxygen atoms in total. The zero-order valence-electron chi connectivity index (χ0n) is 12.6. The Morgan fingerprint density at radius 3 is 2.77 bits per heavy atom. The number of hydrogen-bond acceptors (Lipinski definition) is 3. The van der Waals surface area contributed by atoms with Crippen LogP contribution in [-0.4, -0.2) is 12.1 Å². The summed E-state index contributed by atoms with van der Waals surface area (Å²) in [6.45, 7) is 2.46. The van der Waals surface area contributed by atoms with E-state index in [1.54, 1.807) is 7.11 Å². The van der Waals surface area contributed by atoms with Gasteiger partial charge in [0.1, 0.15) is 5.75 Å². The van der Waals surface area contributed by atoms with Crippen molar-refractivity contribution in [3.05, 3.63) is 70.0 Å². The molecule has 0 atom stereocenters. The molecule has 22 heavy (non-hydrogen) atoms. The maximum Gasteiger partial charge on any atom is 0.253 e. The van der Waals surface area contributed by atoms with E-state index >= 15 is 0 Å². The summed E-state index contributed by atoms with van der Waals surface area (Å²) < 4.78 is 5.19. The number of aromatic amines is 1. The molecule has 1 aromatic heterocycles. The summed E-state index contributed by atoms with van der Waals surface area (Å²) in [6.07, 6.45) is 0. The fourth-order valence-corrected chi connectivity index (χ4v) is 2.49. The number of anilines is 1. The topological polar surface area (TPSA) is 54.1 Å². The lowest BCUT2D eigenvalue weighted by Gasteiger charge is -2.09. The van der Waals surface area contributed by atoms with Gasteiger partial charge in [0.25, 0.3) is 5.56 Å². The molecule has 0 unspecified atom stereocenters. The molecule has 2 aromatic carbocycles. The van der Waals surface area contributed by atoms with Crippen LogP contribution in [0.15, 0.2) is 53.3 Å². The number of rotatable bonds is 4. The highest BCUT2D eigenvalue weighted by Crippen LogP contribution is 2.18. The lowest BCUT2D eigenvalue weighted by atomic mass is 10.1. The van der Waals surface area contributed by atoms with Crippen LogP contribution in [0.2, 0.25) is 0 Å². The lowest BCUT2D eigenvalue weighted by molar-refractivity contribution is 0.415. The van der Waals surface area contributed by atoms with Gasteiger partial charge in [-0.15, -0.1) is 0 Å². The van der Waals surface area contributed by atoms with E-state index < -0.39 is 0 Å². The van der Waals surface area contributed by atoms with Crippen LogP contribution in [-0.2, 0) is 6.54 Å². The molecule has 0 saturated carbocycles. The Bertz CT molecular complexity index is 868. The first-order valence-corrected chi connectivity index (χ1v) is 7.17. The molecule has 3 rings (SSSR count). The van der Waals surface area contributed by atoms with E-state index in [1.807, 2.05) is 55.5 Å². The minimum Gasteiger partial charge on any atom is -0.497 e. The fraction of sp³-hybridized carbons (Fsp3) is 0.167. The third kappa shape index (κ3) is 2.81. The van der Waals surface area contributed by atoms with Crippen molar-refractivity contribution in [1.82, 2.24) is 4.98 Å². The smallest absolute Gasteiger partial charge is 0.253 e. The third-order valence-corrected chi connectivity index (χ3v) is 3.72. The average Bonchev–Trinajstić information content (AvgIpc) is 2.54. The van der Waals surface area contributed by atoms with E-state index in [1.165, 1.54) is 0 Å². The molecule has 0 fully saturated rings. The predicted octanol–water partition coefficient (Wildman–Crippen LogP) is 3.46. The molecule has 0 spiro atoms. The molecule has 0 saturated heterocycles. The van der Waals surface area contributed by atoms with E-state index in [-0.39, 0.29) is 5.56 Å². The van der Waals surface area contributed by atoms with Crippen LogP contribution in [0.4, 0.5) is 5.69 Å². The van der Waals surface area contributed by atoms with Crippen molar-refractivity contribution in [3.8, 4) is 5.75 Å².